The summed E-state index contributed by atoms with van der Waals surface area (Å²) in [4.78, 5) is 13.6. The Bertz CT molecular complexity index is 360. The zero-order chi connectivity index (χ0) is 12.1. The van der Waals surface area contributed by atoms with E-state index in [4.69, 9.17) is 4.74 Å². The van der Waals surface area contributed by atoms with Gasteiger partial charge in [0.2, 0.25) is 5.91 Å². The van der Waals surface area contributed by atoms with Crippen LogP contribution < -0.4 is 4.74 Å². The minimum atomic E-state index is 0.174. The summed E-state index contributed by atoms with van der Waals surface area (Å²) in [5, 5.41) is 0. The standard InChI is InChI=1S/C14H19NO2/c1-15(11-12-7-8-12)14(16)9-10-17-13-5-3-2-4-6-13/h2-6,12H,7-11H2,1H3. The van der Waals surface area contributed by atoms with Crippen molar-refractivity contribution in [3.8, 4) is 5.75 Å². The molecule has 0 spiro atoms. The fourth-order valence-electron chi connectivity index (χ4n) is 1.75. The van der Waals surface area contributed by atoms with Gasteiger partial charge in [-0.1, -0.05) is 18.2 Å². The number of hydrogen-bond donors (Lipinski definition) is 0. The van der Waals surface area contributed by atoms with Gasteiger partial charge in [0, 0.05) is 13.6 Å². The van der Waals surface area contributed by atoms with Crippen LogP contribution in [-0.4, -0.2) is 31.0 Å². The molecule has 3 heteroatoms. The molecule has 3 nitrogen and oxygen atoms in total. The molecule has 1 aromatic carbocycles. The number of para-hydroxylation sites is 1. The lowest BCUT2D eigenvalue weighted by molar-refractivity contribution is -0.130. The van der Waals surface area contributed by atoms with Gasteiger partial charge in [-0.05, 0) is 30.9 Å². The van der Waals surface area contributed by atoms with E-state index in [-0.39, 0.29) is 5.91 Å². The molecule has 0 saturated heterocycles. The van der Waals surface area contributed by atoms with Gasteiger partial charge in [-0.3, -0.25) is 4.79 Å². The molecule has 2 rings (SSSR count). The molecule has 0 N–H and O–H groups in total. The SMILES string of the molecule is CN(CC1CC1)C(=O)CCOc1ccccc1. The molecule has 92 valence electrons. The van der Waals surface area contributed by atoms with Crippen molar-refractivity contribution in [1.29, 1.82) is 0 Å². The highest BCUT2D eigenvalue weighted by molar-refractivity contribution is 5.76. The topological polar surface area (TPSA) is 29.5 Å². The second kappa shape index (κ2) is 5.71. The maximum absolute atomic E-state index is 11.7. The first-order valence-corrected chi connectivity index (χ1v) is 6.17. The van der Waals surface area contributed by atoms with E-state index in [0.717, 1.165) is 18.2 Å². The molecule has 0 atom stereocenters. The Morgan fingerprint density at radius 1 is 1.35 bits per heavy atom. The summed E-state index contributed by atoms with van der Waals surface area (Å²) in [5.41, 5.74) is 0. The zero-order valence-electron chi connectivity index (χ0n) is 10.3. The van der Waals surface area contributed by atoms with E-state index in [1.54, 1.807) is 0 Å². The highest BCUT2D eigenvalue weighted by Gasteiger charge is 2.24. The predicted molar refractivity (Wildman–Crippen MR) is 66.9 cm³/mol. The minimum Gasteiger partial charge on any atom is -0.493 e. The highest BCUT2D eigenvalue weighted by Crippen LogP contribution is 2.29. The van der Waals surface area contributed by atoms with Crippen molar-refractivity contribution in [2.45, 2.75) is 19.3 Å². The number of benzene rings is 1. The average Bonchev–Trinajstić information content (AvgIpc) is 3.14. The summed E-state index contributed by atoms with van der Waals surface area (Å²) in [6, 6.07) is 9.60. The van der Waals surface area contributed by atoms with Crippen LogP contribution >= 0.6 is 0 Å². The van der Waals surface area contributed by atoms with Crippen LogP contribution in [0.5, 0.6) is 5.75 Å². The van der Waals surface area contributed by atoms with E-state index in [1.807, 2.05) is 42.3 Å². The lowest BCUT2D eigenvalue weighted by atomic mass is 10.3. The van der Waals surface area contributed by atoms with Gasteiger partial charge in [-0.15, -0.1) is 0 Å². The first-order valence-electron chi connectivity index (χ1n) is 6.17. The smallest absolute Gasteiger partial charge is 0.225 e. The van der Waals surface area contributed by atoms with Crippen molar-refractivity contribution in [2.75, 3.05) is 20.2 Å². The molecule has 1 aliphatic rings. The van der Waals surface area contributed by atoms with Crippen LogP contribution in [0.2, 0.25) is 0 Å². The second-order valence-corrected chi connectivity index (χ2v) is 4.63. The third-order valence-electron chi connectivity index (χ3n) is 2.98. The molecule has 0 unspecified atom stereocenters. The van der Waals surface area contributed by atoms with E-state index < -0.39 is 0 Å². The molecule has 1 aliphatic carbocycles. The van der Waals surface area contributed by atoms with Gasteiger partial charge in [0.1, 0.15) is 5.75 Å². The maximum atomic E-state index is 11.7. The van der Waals surface area contributed by atoms with Crippen molar-refractivity contribution in [1.82, 2.24) is 4.90 Å². The van der Waals surface area contributed by atoms with Crippen LogP contribution in [0.4, 0.5) is 0 Å². The molecule has 1 aromatic rings. The van der Waals surface area contributed by atoms with E-state index in [1.165, 1.54) is 12.8 Å². The molecular weight excluding hydrogens is 214 g/mol. The molecule has 1 amide bonds. The number of rotatable bonds is 6. The van der Waals surface area contributed by atoms with Gasteiger partial charge in [0.15, 0.2) is 0 Å². The zero-order valence-corrected chi connectivity index (χ0v) is 10.3. The van der Waals surface area contributed by atoms with E-state index in [2.05, 4.69) is 0 Å². The predicted octanol–water partition coefficient (Wildman–Crippen LogP) is 2.32. The number of carbonyl (C=O) groups is 1. The normalized spacial score (nSPS) is 14.4. The molecular formula is C14H19NO2. The lowest BCUT2D eigenvalue weighted by Gasteiger charge is -2.16. The van der Waals surface area contributed by atoms with Crippen molar-refractivity contribution >= 4 is 5.91 Å². The van der Waals surface area contributed by atoms with Crippen LogP contribution in [0, 0.1) is 5.92 Å². The first-order chi connectivity index (χ1) is 8.25. The molecule has 0 aliphatic heterocycles. The van der Waals surface area contributed by atoms with Crippen LogP contribution in [0.25, 0.3) is 0 Å². The quantitative estimate of drug-likeness (QED) is 0.754. The van der Waals surface area contributed by atoms with Crippen LogP contribution in [0.15, 0.2) is 30.3 Å². The largest absolute Gasteiger partial charge is 0.493 e. The molecule has 1 fully saturated rings. The van der Waals surface area contributed by atoms with Gasteiger partial charge < -0.3 is 9.64 Å². The Morgan fingerprint density at radius 3 is 2.71 bits per heavy atom. The fraction of sp³-hybridized carbons (Fsp3) is 0.500. The highest BCUT2D eigenvalue weighted by atomic mass is 16.5. The Hall–Kier alpha value is -1.51. The molecule has 0 radical (unpaired) electrons. The number of amides is 1. The fourth-order valence-corrected chi connectivity index (χ4v) is 1.75. The van der Waals surface area contributed by atoms with Crippen molar-refractivity contribution in [3.63, 3.8) is 0 Å². The number of hydrogen-bond acceptors (Lipinski definition) is 2. The molecule has 0 aromatic heterocycles. The molecule has 0 bridgehead atoms. The van der Waals surface area contributed by atoms with Gasteiger partial charge >= 0.3 is 0 Å². The van der Waals surface area contributed by atoms with Crippen molar-refractivity contribution in [3.05, 3.63) is 30.3 Å². The van der Waals surface area contributed by atoms with E-state index in [9.17, 15) is 4.79 Å². The van der Waals surface area contributed by atoms with Gasteiger partial charge in [-0.25, -0.2) is 0 Å². The van der Waals surface area contributed by atoms with Gasteiger partial charge in [0.25, 0.3) is 0 Å². The summed E-state index contributed by atoms with van der Waals surface area (Å²) in [6.07, 6.45) is 3.01. The van der Waals surface area contributed by atoms with Crippen molar-refractivity contribution < 1.29 is 9.53 Å². The summed E-state index contributed by atoms with van der Waals surface area (Å²) in [5.74, 6) is 1.75. The Balaban J connectivity index is 1.65. The van der Waals surface area contributed by atoms with Gasteiger partial charge in [0.05, 0.1) is 13.0 Å². The average molecular weight is 233 g/mol. The maximum Gasteiger partial charge on any atom is 0.225 e. The minimum absolute atomic E-state index is 0.174. The number of ether oxygens (including phenoxy) is 1. The third-order valence-corrected chi connectivity index (χ3v) is 2.98. The van der Waals surface area contributed by atoms with E-state index in [0.29, 0.717) is 13.0 Å². The monoisotopic (exact) mass is 233 g/mol. The summed E-state index contributed by atoms with van der Waals surface area (Å²) < 4.78 is 5.50. The molecule has 17 heavy (non-hydrogen) atoms. The third kappa shape index (κ3) is 4.10. The summed E-state index contributed by atoms with van der Waals surface area (Å²) in [6.45, 7) is 1.36. The second-order valence-electron chi connectivity index (χ2n) is 4.63. The van der Waals surface area contributed by atoms with Crippen LogP contribution in [-0.2, 0) is 4.79 Å². The number of carbonyl (C=O) groups excluding carboxylic acids is 1. The number of nitrogens with zero attached hydrogens (tertiary/aromatic N) is 1. The Morgan fingerprint density at radius 2 is 2.06 bits per heavy atom. The summed E-state index contributed by atoms with van der Waals surface area (Å²) in [7, 11) is 1.88. The lowest BCUT2D eigenvalue weighted by Crippen LogP contribution is -2.29. The van der Waals surface area contributed by atoms with Crippen LogP contribution in [0.1, 0.15) is 19.3 Å². The van der Waals surface area contributed by atoms with Crippen molar-refractivity contribution in [2.24, 2.45) is 5.92 Å². The Labute approximate surface area is 102 Å². The molecule has 0 heterocycles. The molecule has 1 saturated carbocycles. The Kier molecular flexibility index (Phi) is 4.02. The summed E-state index contributed by atoms with van der Waals surface area (Å²) >= 11 is 0. The van der Waals surface area contributed by atoms with Crippen LogP contribution in [0.3, 0.4) is 0 Å². The van der Waals surface area contributed by atoms with E-state index >= 15 is 0 Å². The first kappa shape index (κ1) is 12.0. The van der Waals surface area contributed by atoms with Gasteiger partial charge in [-0.2, -0.15) is 0 Å².